The van der Waals surface area contributed by atoms with Crippen LogP contribution in [0.25, 0.3) is 0 Å². The van der Waals surface area contributed by atoms with Crippen molar-refractivity contribution in [3.05, 3.63) is 66.4 Å². The average molecular weight is 342 g/mol. The van der Waals surface area contributed by atoms with Gasteiger partial charge in [0.15, 0.2) is 17.5 Å². The van der Waals surface area contributed by atoms with Crippen molar-refractivity contribution in [2.24, 2.45) is 0 Å². The molecule has 1 aliphatic heterocycles. The van der Waals surface area contributed by atoms with Crippen molar-refractivity contribution in [2.45, 2.75) is 19.4 Å². The Morgan fingerprint density at radius 3 is 2.42 bits per heavy atom. The number of hydrogen-bond donors (Lipinski definition) is 1. The van der Waals surface area contributed by atoms with Crippen molar-refractivity contribution in [3.63, 3.8) is 0 Å². The Hall–Kier alpha value is -2.59. The lowest BCUT2D eigenvalue weighted by Crippen LogP contribution is -2.40. The van der Waals surface area contributed by atoms with Crippen LogP contribution in [-0.2, 0) is 6.42 Å². The third-order valence-electron chi connectivity index (χ3n) is 3.72. The number of para-hydroxylation sites is 2. The number of rotatable bonds is 5. The molecule has 0 amide bonds. The molecule has 0 spiro atoms. The Bertz CT molecular complexity index is 800. The maximum atomic E-state index is 5.71. The number of nitrogens with one attached hydrogen (secondary N) is 1. The Kier molecular flexibility index (Phi) is 4.05. The van der Waals surface area contributed by atoms with E-state index in [0.717, 1.165) is 17.9 Å². The van der Waals surface area contributed by atoms with Crippen molar-refractivity contribution < 1.29 is 18.3 Å². The number of anilines is 1. The highest BCUT2D eigenvalue weighted by Gasteiger charge is 2.29. The fourth-order valence-electron chi connectivity index (χ4n) is 2.50. The molecule has 3 aromatic rings. The molecule has 4 rings (SSSR count). The highest BCUT2D eigenvalue weighted by Crippen LogP contribution is 2.51. The van der Waals surface area contributed by atoms with Gasteiger partial charge < -0.3 is 9.05 Å². The standard InChI is InChI=1S/C17H17N3O3P/c1-13(11-14-7-3-2-4-8-14)20-12-17(21-19-20)18-24-22-15-9-5-6-10-16(15)23-24/h2-10,12-13,18H,11H2,1H3/q+1. The molecule has 2 aromatic carbocycles. The zero-order valence-corrected chi connectivity index (χ0v) is 14.0. The van der Waals surface area contributed by atoms with Crippen molar-refractivity contribution in [2.75, 3.05) is 5.09 Å². The Morgan fingerprint density at radius 2 is 1.71 bits per heavy atom. The van der Waals surface area contributed by atoms with Gasteiger partial charge in [-0.25, -0.2) is 0 Å². The minimum atomic E-state index is -1.30. The first kappa shape index (κ1) is 15.0. The van der Waals surface area contributed by atoms with Gasteiger partial charge in [-0.15, -0.1) is 0 Å². The number of hydrogen-bond acceptors (Lipinski definition) is 5. The second-order valence-corrected chi connectivity index (χ2v) is 6.69. The predicted molar refractivity (Wildman–Crippen MR) is 89.8 cm³/mol. The summed E-state index contributed by atoms with van der Waals surface area (Å²) in [6.45, 7) is 2.10. The molecule has 1 aromatic heterocycles. The molecule has 2 heterocycles. The average Bonchev–Trinajstić information content (AvgIpc) is 3.22. The van der Waals surface area contributed by atoms with E-state index in [1.54, 1.807) is 4.68 Å². The normalized spacial score (nSPS) is 14.5. The molecule has 1 aliphatic rings. The van der Waals surface area contributed by atoms with Crippen LogP contribution in [0.2, 0.25) is 0 Å². The monoisotopic (exact) mass is 342 g/mol. The summed E-state index contributed by atoms with van der Waals surface area (Å²) in [5.74, 6) is 2.00. The highest BCUT2D eigenvalue weighted by atomic mass is 31.2. The zero-order valence-electron chi connectivity index (χ0n) is 13.1. The zero-order chi connectivity index (χ0) is 16.4. The summed E-state index contributed by atoms with van der Waals surface area (Å²) in [4.78, 5) is 0. The molecule has 0 radical (unpaired) electrons. The van der Waals surface area contributed by atoms with E-state index in [1.807, 2.05) is 48.7 Å². The van der Waals surface area contributed by atoms with Gasteiger partial charge in [0.25, 0.3) is 6.20 Å². The minimum absolute atomic E-state index is 0.182. The summed E-state index contributed by atoms with van der Waals surface area (Å²) in [6.07, 6.45) is 2.70. The molecule has 7 heteroatoms. The Morgan fingerprint density at radius 1 is 1.04 bits per heavy atom. The Balaban J connectivity index is 1.39. The maximum absolute atomic E-state index is 5.71. The van der Waals surface area contributed by atoms with Crippen LogP contribution in [0.15, 0.2) is 65.3 Å². The van der Waals surface area contributed by atoms with E-state index >= 15 is 0 Å². The van der Waals surface area contributed by atoms with E-state index in [0.29, 0.717) is 5.88 Å². The first-order chi connectivity index (χ1) is 11.8. The Labute approximate surface area is 141 Å². The fraction of sp³-hybridized carbons (Fsp3) is 0.176. The number of nitrogens with zero attached hydrogens (tertiary/aromatic N) is 2. The molecule has 1 N–H and O–H groups in total. The van der Waals surface area contributed by atoms with Gasteiger partial charge in [0, 0.05) is 13.3 Å². The second-order valence-electron chi connectivity index (χ2n) is 5.58. The summed E-state index contributed by atoms with van der Waals surface area (Å²) in [5, 5.41) is 7.18. The summed E-state index contributed by atoms with van der Waals surface area (Å²) in [5.41, 5.74) is 1.26. The first-order valence-corrected chi connectivity index (χ1v) is 8.89. The van der Waals surface area contributed by atoms with Crippen molar-refractivity contribution in [1.82, 2.24) is 5.27 Å². The summed E-state index contributed by atoms with van der Waals surface area (Å²) < 4.78 is 18.6. The minimum Gasteiger partial charge on any atom is -0.419 e. The summed E-state index contributed by atoms with van der Waals surface area (Å²) in [7, 11) is -1.30. The van der Waals surface area contributed by atoms with Crippen molar-refractivity contribution in [3.8, 4) is 11.5 Å². The molecule has 6 nitrogen and oxygen atoms in total. The molecule has 24 heavy (non-hydrogen) atoms. The van der Waals surface area contributed by atoms with Gasteiger partial charge in [-0.1, -0.05) is 42.5 Å². The number of fused-ring (bicyclic) bond motifs is 1. The summed E-state index contributed by atoms with van der Waals surface area (Å²) >= 11 is 0. The van der Waals surface area contributed by atoms with Gasteiger partial charge in [-0.2, -0.15) is 0 Å². The SMILES string of the molecule is CC(Cc1ccccc1)[n+]1cc(NP2Oc3ccccc3O2)on1. The lowest BCUT2D eigenvalue weighted by molar-refractivity contribution is -0.782. The second kappa shape index (κ2) is 6.49. The molecule has 0 bridgehead atoms. The van der Waals surface area contributed by atoms with Crippen molar-refractivity contribution >= 4 is 14.4 Å². The van der Waals surface area contributed by atoms with E-state index in [-0.39, 0.29) is 6.04 Å². The van der Waals surface area contributed by atoms with E-state index in [9.17, 15) is 0 Å². The van der Waals surface area contributed by atoms with Crippen LogP contribution in [0.5, 0.6) is 11.5 Å². The molecular weight excluding hydrogens is 325 g/mol. The van der Waals surface area contributed by atoms with E-state index in [4.69, 9.17) is 13.6 Å². The van der Waals surface area contributed by atoms with Crippen molar-refractivity contribution in [1.29, 1.82) is 0 Å². The van der Waals surface area contributed by atoms with Gasteiger partial charge in [0.1, 0.15) is 0 Å². The number of aromatic nitrogens is 2. The van der Waals surface area contributed by atoms with E-state index in [1.165, 1.54) is 5.56 Å². The van der Waals surface area contributed by atoms with Crippen LogP contribution in [0.3, 0.4) is 0 Å². The lowest BCUT2D eigenvalue weighted by Gasteiger charge is -2.05. The van der Waals surface area contributed by atoms with Crippen LogP contribution >= 0.6 is 8.53 Å². The molecule has 1 unspecified atom stereocenters. The van der Waals surface area contributed by atoms with Crippen LogP contribution in [-0.4, -0.2) is 5.27 Å². The molecular formula is C17H17N3O3P+. The molecule has 0 aliphatic carbocycles. The van der Waals surface area contributed by atoms with Gasteiger partial charge in [0.2, 0.25) is 5.27 Å². The van der Waals surface area contributed by atoms with E-state index in [2.05, 4.69) is 29.4 Å². The smallest absolute Gasteiger partial charge is 0.417 e. The van der Waals surface area contributed by atoms with Gasteiger partial charge in [-0.3, -0.25) is 9.61 Å². The quantitative estimate of drug-likeness (QED) is 0.563. The molecule has 1 atom stereocenters. The predicted octanol–water partition coefficient (Wildman–Crippen LogP) is 3.88. The van der Waals surface area contributed by atoms with Crippen LogP contribution in [0.4, 0.5) is 5.88 Å². The molecule has 0 saturated carbocycles. The molecule has 0 fully saturated rings. The lowest BCUT2D eigenvalue weighted by atomic mass is 10.1. The van der Waals surface area contributed by atoms with Crippen LogP contribution < -0.4 is 18.8 Å². The van der Waals surface area contributed by atoms with Gasteiger partial charge in [-0.05, 0) is 22.4 Å². The number of benzene rings is 2. The third kappa shape index (κ3) is 3.19. The topological polar surface area (TPSA) is 60.4 Å². The first-order valence-electron chi connectivity index (χ1n) is 7.72. The van der Waals surface area contributed by atoms with Gasteiger partial charge in [0.05, 0.1) is 0 Å². The molecule has 0 saturated heterocycles. The molecule has 122 valence electrons. The van der Waals surface area contributed by atoms with Gasteiger partial charge >= 0.3 is 14.4 Å². The fourth-order valence-corrected chi connectivity index (χ4v) is 3.56. The largest absolute Gasteiger partial charge is 0.419 e. The van der Waals surface area contributed by atoms with Crippen LogP contribution in [0, 0.1) is 0 Å². The van der Waals surface area contributed by atoms with E-state index < -0.39 is 8.53 Å². The highest BCUT2D eigenvalue weighted by molar-refractivity contribution is 7.50. The maximum Gasteiger partial charge on any atom is 0.417 e. The summed E-state index contributed by atoms with van der Waals surface area (Å²) in [6, 6.07) is 18.1. The third-order valence-corrected chi connectivity index (χ3v) is 4.85. The van der Waals surface area contributed by atoms with Crippen LogP contribution in [0.1, 0.15) is 18.5 Å².